The van der Waals surface area contributed by atoms with E-state index in [0.717, 1.165) is 18.7 Å². The van der Waals surface area contributed by atoms with E-state index in [4.69, 9.17) is 5.11 Å². The third-order valence-corrected chi connectivity index (χ3v) is 2.60. The minimum atomic E-state index is -0.147. The molecule has 0 aliphatic heterocycles. The third kappa shape index (κ3) is 4.00. The number of pyridine rings is 1. The maximum absolute atomic E-state index is 12.1. The maximum atomic E-state index is 12.1. The Kier molecular flexibility index (Phi) is 6.14. The average molecular weight is 251 g/mol. The molecule has 0 aliphatic rings. The van der Waals surface area contributed by atoms with Crippen molar-refractivity contribution in [2.75, 3.05) is 31.6 Å². The third-order valence-electron chi connectivity index (χ3n) is 2.60. The molecule has 1 rings (SSSR count). The number of anilines is 1. The molecule has 0 fully saturated rings. The molecule has 0 saturated heterocycles. The summed E-state index contributed by atoms with van der Waals surface area (Å²) >= 11 is 0. The van der Waals surface area contributed by atoms with Gasteiger partial charge in [-0.1, -0.05) is 6.92 Å². The van der Waals surface area contributed by atoms with Crippen molar-refractivity contribution in [1.29, 1.82) is 0 Å². The highest BCUT2D eigenvalue weighted by atomic mass is 16.3. The van der Waals surface area contributed by atoms with Crippen LogP contribution in [0.1, 0.15) is 30.8 Å². The molecule has 5 nitrogen and oxygen atoms in total. The molecule has 0 radical (unpaired) electrons. The van der Waals surface area contributed by atoms with Crippen LogP contribution in [-0.4, -0.2) is 47.1 Å². The van der Waals surface area contributed by atoms with Crippen molar-refractivity contribution in [2.45, 2.75) is 20.3 Å². The lowest BCUT2D eigenvalue weighted by Crippen LogP contribution is -2.33. The monoisotopic (exact) mass is 251 g/mol. The molecule has 0 atom stereocenters. The quantitative estimate of drug-likeness (QED) is 0.768. The molecule has 0 aliphatic carbocycles. The van der Waals surface area contributed by atoms with Gasteiger partial charge in [-0.2, -0.15) is 0 Å². The SMILES string of the molecule is CCCNc1ccnc(C(=O)N(CC)CCO)c1. The lowest BCUT2D eigenvalue weighted by molar-refractivity contribution is 0.0726. The van der Waals surface area contributed by atoms with Gasteiger partial charge in [-0.25, -0.2) is 0 Å². The van der Waals surface area contributed by atoms with Crippen LogP contribution >= 0.6 is 0 Å². The van der Waals surface area contributed by atoms with Crippen LogP contribution in [0.3, 0.4) is 0 Å². The van der Waals surface area contributed by atoms with Gasteiger partial charge >= 0.3 is 0 Å². The van der Waals surface area contributed by atoms with E-state index in [1.807, 2.05) is 13.0 Å². The summed E-state index contributed by atoms with van der Waals surface area (Å²) in [5, 5.41) is 12.1. The zero-order valence-corrected chi connectivity index (χ0v) is 11.0. The molecule has 0 spiro atoms. The first-order chi connectivity index (χ1) is 8.72. The zero-order valence-electron chi connectivity index (χ0n) is 11.0. The van der Waals surface area contributed by atoms with Gasteiger partial charge in [0.15, 0.2) is 0 Å². The summed E-state index contributed by atoms with van der Waals surface area (Å²) in [6.07, 6.45) is 2.65. The molecule has 18 heavy (non-hydrogen) atoms. The number of nitrogens with one attached hydrogen (secondary N) is 1. The molecular formula is C13H21N3O2. The Morgan fingerprint density at radius 1 is 1.50 bits per heavy atom. The van der Waals surface area contributed by atoms with Crippen molar-refractivity contribution in [1.82, 2.24) is 9.88 Å². The topological polar surface area (TPSA) is 65.5 Å². The van der Waals surface area contributed by atoms with Crippen molar-refractivity contribution in [2.24, 2.45) is 0 Å². The van der Waals surface area contributed by atoms with Gasteiger partial charge in [-0.15, -0.1) is 0 Å². The summed E-state index contributed by atoms with van der Waals surface area (Å²) in [6.45, 7) is 5.70. The Balaban J connectivity index is 2.78. The Hall–Kier alpha value is -1.62. The number of aromatic nitrogens is 1. The fraction of sp³-hybridized carbons (Fsp3) is 0.538. The van der Waals surface area contributed by atoms with E-state index in [-0.39, 0.29) is 12.5 Å². The fourth-order valence-electron chi connectivity index (χ4n) is 1.61. The molecule has 0 saturated carbocycles. The number of nitrogens with zero attached hydrogens (tertiary/aromatic N) is 2. The van der Waals surface area contributed by atoms with Crippen LogP contribution in [0.25, 0.3) is 0 Å². The first-order valence-corrected chi connectivity index (χ1v) is 6.33. The summed E-state index contributed by atoms with van der Waals surface area (Å²) in [7, 11) is 0. The molecule has 0 aromatic carbocycles. The number of aliphatic hydroxyl groups is 1. The van der Waals surface area contributed by atoms with Crippen molar-refractivity contribution in [3.8, 4) is 0 Å². The smallest absolute Gasteiger partial charge is 0.272 e. The summed E-state index contributed by atoms with van der Waals surface area (Å²) in [5.74, 6) is -0.147. The predicted octanol–water partition coefficient (Wildman–Crippen LogP) is 1.36. The van der Waals surface area contributed by atoms with Gasteiger partial charge in [0.1, 0.15) is 5.69 Å². The van der Waals surface area contributed by atoms with Crippen LogP contribution in [-0.2, 0) is 0 Å². The maximum Gasteiger partial charge on any atom is 0.272 e. The highest BCUT2D eigenvalue weighted by Gasteiger charge is 2.15. The van der Waals surface area contributed by atoms with Crippen LogP contribution in [0.5, 0.6) is 0 Å². The van der Waals surface area contributed by atoms with E-state index in [2.05, 4.69) is 17.2 Å². The Labute approximate surface area is 108 Å². The van der Waals surface area contributed by atoms with Gasteiger partial charge in [-0.3, -0.25) is 9.78 Å². The number of likely N-dealkylation sites (N-methyl/N-ethyl adjacent to an activating group) is 1. The molecule has 100 valence electrons. The highest BCUT2D eigenvalue weighted by Crippen LogP contribution is 2.10. The average Bonchev–Trinajstić information content (AvgIpc) is 2.42. The minimum Gasteiger partial charge on any atom is -0.395 e. The van der Waals surface area contributed by atoms with Gasteiger partial charge in [-0.05, 0) is 25.5 Å². The molecule has 0 bridgehead atoms. The van der Waals surface area contributed by atoms with Crippen molar-refractivity contribution >= 4 is 11.6 Å². The second kappa shape index (κ2) is 7.66. The van der Waals surface area contributed by atoms with Crippen molar-refractivity contribution in [3.63, 3.8) is 0 Å². The van der Waals surface area contributed by atoms with E-state index in [1.165, 1.54) is 0 Å². The van der Waals surface area contributed by atoms with Gasteiger partial charge < -0.3 is 15.3 Å². The molecule has 1 amide bonds. The van der Waals surface area contributed by atoms with Crippen molar-refractivity contribution < 1.29 is 9.90 Å². The number of carbonyl (C=O) groups is 1. The van der Waals surface area contributed by atoms with Crippen LogP contribution < -0.4 is 5.32 Å². The van der Waals surface area contributed by atoms with Crippen LogP contribution in [0, 0.1) is 0 Å². The molecule has 1 aromatic heterocycles. The summed E-state index contributed by atoms with van der Waals surface area (Å²) in [5.41, 5.74) is 1.31. The molecular weight excluding hydrogens is 230 g/mol. The van der Waals surface area contributed by atoms with E-state index < -0.39 is 0 Å². The van der Waals surface area contributed by atoms with Crippen LogP contribution in [0.2, 0.25) is 0 Å². The molecule has 2 N–H and O–H groups in total. The molecule has 1 heterocycles. The van der Waals surface area contributed by atoms with E-state index >= 15 is 0 Å². The van der Waals surface area contributed by atoms with E-state index in [1.54, 1.807) is 17.2 Å². The molecule has 0 unspecified atom stereocenters. The zero-order chi connectivity index (χ0) is 13.4. The second-order valence-corrected chi connectivity index (χ2v) is 3.96. The minimum absolute atomic E-state index is 0.0344. The number of rotatable bonds is 7. The Morgan fingerprint density at radius 3 is 2.89 bits per heavy atom. The summed E-state index contributed by atoms with van der Waals surface area (Å²) < 4.78 is 0. The van der Waals surface area contributed by atoms with Gasteiger partial charge in [0.2, 0.25) is 0 Å². The molecule has 1 aromatic rings. The van der Waals surface area contributed by atoms with Crippen molar-refractivity contribution in [3.05, 3.63) is 24.0 Å². The number of carbonyl (C=O) groups excluding carboxylic acids is 1. The first kappa shape index (κ1) is 14.4. The number of hydrogen-bond acceptors (Lipinski definition) is 4. The number of aliphatic hydroxyl groups excluding tert-OH is 1. The lowest BCUT2D eigenvalue weighted by Gasteiger charge is -2.19. The van der Waals surface area contributed by atoms with Crippen LogP contribution in [0.15, 0.2) is 18.3 Å². The number of amides is 1. The summed E-state index contributed by atoms with van der Waals surface area (Å²) in [6, 6.07) is 3.59. The number of hydrogen-bond donors (Lipinski definition) is 2. The lowest BCUT2D eigenvalue weighted by atomic mass is 10.2. The first-order valence-electron chi connectivity index (χ1n) is 6.33. The fourth-order valence-corrected chi connectivity index (χ4v) is 1.61. The normalized spacial score (nSPS) is 10.2. The van der Waals surface area contributed by atoms with Gasteiger partial charge in [0, 0.05) is 31.5 Å². The van der Waals surface area contributed by atoms with Gasteiger partial charge in [0.25, 0.3) is 5.91 Å². The summed E-state index contributed by atoms with van der Waals surface area (Å²) in [4.78, 5) is 17.8. The second-order valence-electron chi connectivity index (χ2n) is 3.96. The largest absolute Gasteiger partial charge is 0.395 e. The van der Waals surface area contributed by atoms with E-state index in [9.17, 15) is 4.79 Å². The van der Waals surface area contributed by atoms with E-state index in [0.29, 0.717) is 18.8 Å². The van der Waals surface area contributed by atoms with Gasteiger partial charge in [0.05, 0.1) is 6.61 Å². The Morgan fingerprint density at radius 2 is 2.28 bits per heavy atom. The highest BCUT2D eigenvalue weighted by molar-refractivity contribution is 5.93. The molecule has 5 heteroatoms. The standard InChI is InChI=1S/C13H21N3O2/c1-3-6-14-11-5-7-15-12(10-11)13(18)16(4-2)8-9-17/h5,7,10,17H,3-4,6,8-9H2,1-2H3,(H,14,15). The Bertz CT molecular complexity index is 382. The predicted molar refractivity (Wildman–Crippen MR) is 71.7 cm³/mol. The van der Waals surface area contributed by atoms with Crippen LogP contribution in [0.4, 0.5) is 5.69 Å².